The number of benzene rings is 1. The predicted octanol–water partition coefficient (Wildman–Crippen LogP) is 2.00. The third-order valence-corrected chi connectivity index (χ3v) is 3.94. The quantitative estimate of drug-likeness (QED) is 0.281. The molecule has 0 aliphatic rings. The summed E-state index contributed by atoms with van der Waals surface area (Å²) in [7, 11) is 0. The molecule has 0 aliphatic carbocycles. The van der Waals surface area contributed by atoms with Gasteiger partial charge in [-0.1, -0.05) is 49.3 Å². The van der Waals surface area contributed by atoms with E-state index in [1.54, 1.807) is 0 Å². The molecule has 0 saturated heterocycles. The van der Waals surface area contributed by atoms with Crippen LogP contribution in [0.3, 0.4) is 0 Å². The Morgan fingerprint density at radius 3 is 2.33 bits per heavy atom. The molecule has 118 valence electrons. The largest absolute Gasteiger partial charge is 0.409 e. The van der Waals surface area contributed by atoms with Crippen molar-refractivity contribution in [2.75, 3.05) is 19.7 Å². The molecule has 0 heterocycles. The predicted molar refractivity (Wildman–Crippen MR) is 85.6 cm³/mol. The van der Waals surface area contributed by atoms with Crippen LogP contribution >= 0.6 is 0 Å². The number of hydrogen-bond donors (Lipinski definition) is 3. The van der Waals surface area contributed by atoms with Gasteiger partial charge in [-0.2, -0.15) is 0 Å². The summed E-state index contributed by atoms with van der Waals surface area (Å²) in [4.78, 5) is 2.22. The molecule has 0 bridgehead atoms. The third-order valence-electron chi connectivity index (χ3n) is 3.94. The molecule has 1 rings (SSSR count). The molecular formula is C16H27N3O2. The van der Waals surface area contributed by atoms with Crippen LogP contribution in [-0.2, 0) is 0 Å². The van der Waals surface area contributed by atoms with E-state index in [9.17, 15) is 5.11 Å². The Kier molecular flexibility index (Phi) is 7.79. The zero-order chi connectivity index (χ0) is 15.7. The van der Waals surface area contributed by atoms with Crippen molar-refractivity contribution in [1.82, 2.24) is 4.90 Å². The Morgan fingerprint density at radius 2 is 1.86 bits per heavy atom. The summed E-state index contributed by atoms with van der Waals surface area (Å²) >= 11 is 0. The first kappa shape index (κ1) is 17.5. The van der Waals surface area contributed by atoms with Crippen molar-refractivity contribution in [2.45, 2.75) is 38.6 Å². The van der Waals surface area contributed by atoms with Gasteiger partial charge in [0.15, 0.2) is 0 Å². The van der Waals surface area contributed by atoms with Gasteiger partial charge < -0.3 is 16.0 Å². The molecule has 1 atom stereocenters. The summed E-state index contributed by atoms with van der Waals surface area (Å²) in [6.07, 6.45) is 2.02. The van der Waals surface area contributed by atoms with E-state index in [0.29, 0.717) is 19.1 Å². The second-order valence-corrected chi connectivity index (χ2v) is 5.18. The lowest BCUT2D eigenvalue weighted by Crippen LogP contribution is -2.42. The van der Waals surface area contributed by atoms with E-state index in [2.05, 4.69) is 23.9 Å². The maximum absolute atomic E-state index is 9.30. The van der Waals surface area contributed by atoms with Gasteiger partial charge in [-0.3, -0.25) is 4.90 Å². The fourth-order valence-corrected chi connectivity index (χ4v) is 2.72. The molecule has 0 radical (unpaired) electrons. The van der Waals surface area contributed by atoms with E-state index in [4.69, 9.17) is 10.9 Å². The summed E-state index contributed by atoms with van der Waals surface area (Å²) < 4.78 is 0. The summed E-state index contributed by atoms with van der Waals surface area (Å²) in [5, 5.41) is 21.6. The molecule has 5 nitrogen and oxygen atoms in total. The Balaban J connectivity index is 2.98. The highest BCUT2D eigenvalue weighted by atomic mass is 16.4. The molecule has 4 N–H and O–H groups in total. The SMILES string of the molecule is CCC(CC)N(CCO)CC(C(N)=NO)c1ccccc1. The number of amidine groups is 1. The molecule has 21 heavy (non-hydrogen) atoms. The summed E-state index contributed by atoms with van der Waals surface area (Å²) in [6, 6.07) is 10.2. The standard InChI is InChI=1S/C16H27N3O2/c1-3-14(4-2)19(10-11-20)12-15(16(17)18-21)13-8-6-5-7-9-13/h5-9,14-15,20-21H,3-4,10-12H2,1-2H3,(H2,17,18). The smallest absolute Gasteiger partial charge is 0.147 e. The first-order valence-electron chi connectivity index (χ1n) is 7.55. The summed E-state index contributed by atoms with van der Waals surface area (Å²) in [6.45, 7) is 5.61. The van der Waals surface area contributed by atoms with E-state index in [1.165, 1.54) is 0 Å². The number of aliphatic hydroxyl groups excluding tert-OH is 1. The van der Waals surface area contributed by atoms with Gasteiger partial charge in [-0.05, 0) is 18.4 Å². The van der Waals surface area contributed by atoms with E-state index in [-0.39, 0.29) is 18.4 Å². The molecule has 1 aromatic carbocycles. The average Bonchev–Trinajstić information content (AvgIpc) is 2.53. The van der Waals surface area contributed by atoms with Gasteiger partial charge in [0.2, 0.25) is 0 Å². The lowest BCUT2D eigenvalue weighted by Gasteiger charge is -2.33. The molecule has 0 saturated carbocycles. The van der Waals surface area contributed by atoms with Gasteiger partial charge in [-0.15, -0.1) is 0 Å². The van der Waals surface area contributed by atoms with Crippen LogP contribution in [0.1, 0.15) is 38.2 Å². The maximum Gasteiger partial charge on any atom is 0.147 e. The van der Waals surface area contributed by atoms with Crippen LogP contribution in [0.25, 0.3) is 0 Å². The molecule has 0 aliphatic heterocycles. The Bertz CT molecular complexity index is 419. The van der Waals surface area contributed by atoms with Gasteiger partial charge in [0.05, 0.1) is 12.5 Å². The van der Waals surface area contributed by atoms with E-state index < -0.39 is 0 Å². The second-order valence-electron chi connectivity index (χ2n) is 5.18. The molecule has 0 aromatic heterocycles. The molecule has 1 unspecified atom stereocenters. The van der Waals surface area contributed by atoms with Crippen molar-refractivity contribution in [1.29, 1.82) is 0 Å². The van der Waals surface area contributed by atoms with Crippen molar-refractivity contribution in [2.24, 2.45) is 10.9 Å². The highest BCUT2D eigenvalue weighted by Gasteiger charge is 2.23. The maximum atomic E-state index is 9.30. The van der Waals surface area contributed by atoms with Gasteiger partial charge in [0, 0.05) is 19.1 Å². The molecule has 1 aromatic rings. The highest BCUT2D eigenvalue weighted by Crippen LogP contribution is 2.20. The lowest BCUT2D eigenvalue weighted by molar-refractivity contribution is 0.141. The zero-order valence-electron chi connectivity index (χ0n) is 12.9. The topological polar surface area (TPSA) is 82.1 Å². The van der Waals surface area contributed by atoms with E-state index >= 15 is 0 Å². The first-order chi connectivity index (χ1) is 10.2. The van der Waals surface area contributed by atoms with Gasteiger partial charge in [0.25, 0.3) is 0 Å². The second kappa shape index (κ2) is 9.37. The Morgan fingerprint density at radius 1 is 1.24 bits per heavy atom. The minimum Gasteiger partial charge on any atom is -0.409 e. The van der Waals surface area contributed by atoms with Crippen molar-refractivity contribution in [3.05, 3.63) is 35.9 Å². The number of nitrogens with zero attached hydrogens (tertiary/aromatic N) is 2. The highest BCUT2D eigenvalue weighted by molar-refractivity contribution is 5.87. The monoisotopic (exact) mass is 293 g/mol. The Hall–Kier alpha value is -1.59. The van der Waals surface area contributed by atoms with Crippen molar-refractivity contribution in [3.63, 3.8) is 0 Å². The van der Waals surface area contributed by atoms with Crippen LogP contribution in [0.15, 0.2) is 35.5 Å². The van der Waals surface area contributed by atoms with Crippen LogP contribution in [0, 0.1) is 0 Å². The molecule has 0 spiro atoms. The molecular weight excluding hydrogens is 266 g/mol. The third kappa shape index (κ3) is 5.02. The molecule has 0 amide bonds. The van der Waals surface area contributed by atoms with Gasteiger partial charge in [-0.25, -0.2) is 0 Å². The van der Waals surface area contributed by atoms with Gasteiger partial charge in [0.1, 0.15) is 5.84 Å². The van der Waals surface area contributed by atoms with Gasteiger partial charge >= 0.3 is 0 Å². The average molecular weight is 293 g/mol. The number of rotatable bonds is 9. The number of hydrogen-bond acceptors (Lipinski definition) is 4. The summed E-state index contributed by atoms with van der Waals surface area (Å²) in [5.41, 5.74) is 6.90. The number of aliphatic hydroxyl groups is 1. The van der Waals surface area contributed by atoms with Crippen molar-refractivity contribution >= 4 is 5.84 Å². The minimum absolute atomic E-state index is 0.105. The number of oxime groups is 1. The minimum atomic E-state index is -0.177. The van der Waals surface area contributed by atoms with Crippen LogP contribution < -0.4 is 5.73 Å². The molecule has 5 heteroatoms. The van der Waals surface area contributed by atoms with Crippen LogP contribution in [0.4, 0.5) is 0 Å². The summed E-state index contributed by atoms with van der Waals surface area (Å²) in [5.74, 6) is 0.0263. The first-order valence-corrected chi connectivity index (χ1v) is 7.55. The number of nitrogens with two attached hydrogens (primary N) is 1. The normalized spacial score (nSPS) is 13.9. The van der Waals surface area contributed by atoms with Crippen molar-refractivity contribution in [3.8, 4) is 0 Å². The Labute approximate surface area is 127 Å². The lowest BCUT2D eigenvalue weighted by atomic mass is 9.96. The van der Waals surface area contributed by atoms with Crippen LogP contribution in [-0.4, -0.2) is 46.8 Å². The van der Waals surface area contributed by atoms with E-state index in [1.807, 2.05) is 30.3 Å². The zero-order valence-corrected chi connectivity index (χ0v) is 12.9. The van der Waals surface area contributed by atoms with E-state index in [0.717, 1.165) is 18.4 Å². The van der Waals surface area contributed by atoms with Crippen molar-refractivity contribution < 1.29 is 10.3 Å². The molecule has 0 fully saturated rings. The van der Waals surface area contributed by atoms with Crippen LogP contribution in [0.5, 0.6) is 0 Å². The fraction of sp³-hybridized carbons (Fsp3) is 0.562. The fourth-order valence-electron chi connectivity index (χ4n) is 2.72. The van der Waals surface area contributed by atoms with Crippen LogP contribution in [0.2, 0.25) is 0 Å².